The highest BCUT2D eigenvalue weighted by atomic mass is 32.2. The summed E-state index contributed by atoms with van der Waals surface area (Å²) in [6.45, 7) is 8.41. The minimum atomic E-state index is -3.50. The molecule has 0 spiro atoms. The fourth-order valence-electron chi connectivity index (χ4n) is 5.05. The first kappa shape index (κ1) is 24.5. The van der Waals surface area contributed by atoms with Crippen LogP contribution in [0.2, 0.25) is 0 Å². The molecule has 31 heavy (non-hydrogen) atoms. The number of hydrogen-bond acceptors (Lipinski definition) is 4. The second kappa shape index (κ2) is 9.75. The standard InChI is InChI=1S/C22H40N4O4S/c1-22(2,3)21(28)25-12-8-9-18(17-25)20(27)24-13-15-26(16-14-24)31(29,30)23(4)19-10-6-5-7-11-19/h18-19H,5-17H2,1-4H3. The number of nitrogens with zero attached hydrogens (tertiary/aromatic N) is 4. The molecule has 3 fully saturated rings. The van der Waals surface area contributed by atoms with Gasteiger partial charge in [-0.3, -0.25) is 9.59 Å². The second-order valence-electron chi connectivity index (χ2n) is 10.4. The minimum absolute atomic E-state index is 0.0593. The molecule has 2 heterocycles. The van der Waals surface area contributed by atoms with Gasteiger partial charge in [0.15, 0.2) is 0 Å². The molecule has 0 aromatic rings. The Hall–Kier alpha value is -1.19. The van der Waals surface area contributed by atoms with Crippen LogP contribution in [0.15, 0.2) is 0 Å². The molecular weight excluding hydrogens is 416 g/mol. The Morgan fingerprint density at radius 3 is 2.03 bits per heavy atom. The van der Waals surface area contributed by atoms with Crippen LogP contribution < -0.4 is 0 Å². The van der Waals surface area contributed by atoms with Crippen LogP contribution in [0.3, 0.4) is 0 Å². The van der Waals surface area contributed by atoms with E-state index in [1.54, 1.807) is 16.3 Å². The summed E-state index contributed by atoms with van der Waals surface area (Å²) in [4.78, 5) is 29.4. The zero-order valence-electron chi connectivity index (χ0n) is 19.7. The van der Waals surface area contributed by atoms with E-state index < -0.39 is 15.6 Å². The molecule has 1 saturated carbocycles. The number of carbonyl (C=O) groups excluding carboxylic acids is 2. The lowest BCUT2D eigenvalue weighted by Gasteiger charge is -2.41. The van der Waals surface area contributed by atoms with Crippen molar-refractivity contribution in [1.82, 2.24) is 18.4 Å². The summed E-state index contributed by atoms with van der Waals surface area (Å²) in [5.41, 5.74) is -0.449. The van der Waals surface area contributed by atoms with Crippen molar-refractivity contribution in [2.75, 3.05) is 46.3 Å². The van der Waals surface area contributed by atoms with E-state index in [-0.39, 0.29) is 23.8 Å². The average Bonchev–Trinajstić information content (AvgIpc) is 2.77. The van der Waals surface area contributed by atoms with Crippen molar-refractivity contribution in [3.63, 3.8) is 0 Å². The number of likely N-dealkylation sites (tertiary alicyclic amines) is 1. The van der Waals surface area contributed by atoms with E-state index >= 15 is 0 Å². The largest absolute Gasteiger partial charge is 0.341 e. The van der Waals surface area contributed by atoms with Gasteiger partial charge in [-0.15, -0.1) is 0 Å². The molecule has 1 aliphatic carbocycles. The van der Waals surface area contributed by atoms with Crippen molar-refractivity contribution >= 4 is 22.0 Å². The lowest BCUT2D eigenvalue weighted by atomic mass is 9.90. The quantitative estimate of drug-likeness (QED) is 0.647. The molecule has 9 heteroatoms. The molecule has 2 saturated heterocycles. The fourth-order valence-corrected chi connectivity index (χ4v) is 6.63. The third-order valence-corrected chi connectivity index (χ3v) is 9.07. The number of rotatable bonds is 4. The van der Waals surface area contributed by atoms with E-state index in [9.17, 15) is 18.0 Å². The summed E-state index contributed by atoms with van der Waals surface area (Å²) in [6, 6.07) is 0.0898. The first-order valence-electron chi connectivity index (χ1n) is 11.8. The number of piperazine rings is 1. The number of piperidine rings is 1. The van der Waals surface area contributed by atoms with E-state index in [1.165, 1.54) is 10.7 Å². The SMILES string of the molecule is CN(C1CCCCC1)S(=O)(=O)N1CCN(C(=O)C2CCCN(C(=O)C(C)(C)C)C2)CC1. The highest BCUT2D eigenvalue weighted by Crippen LogP contribution is 2.27. The van der Waals surface area contributed by atoms with Crippen LogP contribution in [0, 0.1) is 11.3 Å². The molecule has 0 aromatic carbocycles. The third-order valence-electron chi connectivity index (χ3n) is 7.03. The predicted molar refractivity (Wildman–Crippen MR) is 120 cm³/mol. The van der Waals surface area contributed by atoms with Gasteiger partial charge in [-0.1, -0.05) is 40.0 Å². The number of hydrogen-bond donors (Lipinski definition) is 0. The van der Waals surface area contributed by atoms with E-state index in [2.05, 4.69) is 0 Å². The molecule has 2 aliphatic heterocycles. The van der Waals surface area contributed by atoms with Crippen LogP contribution in [-0.2, 0) is 19.8 Å². The lowest BCUT2D eigenvalue weighted by molar-refractivity contribution is -0.145. The predicted octanol–water partition coefficient (Wildman–Crippen LogP) is 1.92. The van der Waals surface area contributed by atoms with Gasteiger partial charge in [0.2, 0.25) is 11.8 Å². The second-order valence-corrected chi connectivity index (χ2v) is 12.4. The summed E-state index contributed by atoms with van der Waals surface area (Å²) in [5, 5.41) is 0. The molecule has 3 rings (SSSR count). The van der Waals surface area contributed by atoms with Gasteiger partial charge >= 0.3 is 0 Å². The van der Waals surface area contributed by atoms with Gasteiger partial charge in [0.1, 0.15) is 0 Å². The lowest BCUT2D eigenvalue weighted by Crippen LogP contribution is -2.57. The number of amides is 2. The van der Waals surface area contributed by atoms with Crippen LogP contribution in [0.4, 0.5) is 0 Å². The van der Waals surface area contributed by atoms with Gasteiger partial charge < -0.3 is 9.80 Å². The molecular formula is C22H40N4O4S. The first-order valence-corrected chi connectivity index (χ1v) is 13.2. The molecule has 0 bridgehead atoms. The van der Waals surface area contributed by atoms with Crippen LogP contribution in [0.1, 0.15) is 65.7 Å². The monoisotopic (exact) mass is 456 g/mol. The van der Waals surface area contributed by atoms with Gasteiger partial charge in [-0.2, -0.15) is 17.0 Å². The Balaban J connectivity index is 1.55. The molecule has 1 atom stereocenters. The molecule has 0 aromatic heterocycles. The van der Waals surface area contributed by atoms with Crippen molar-refractivity contribution in [2.24, 2.45) is 11.3 Å². The van der Waals surface area contributed by atoms with Crippen molar-refractivity contribution in [3.8, 4) is 0 Å². The summed E-state index contributed by atoms with van der Waals surface area (Å²) in [7, 11) is -1.80. The maximum Gasteiger partial charge on any atom is 0.282 e. The Bertz CT molecular complexity index is 750. The summed E-state index contributed by atoms with van der Waals surface area (Å²) < 4.78 is 29.2. The average molecular weight is 457 g/mol. The highest BCUT2D eigenvalue weighted by Gasteiger charge is 2.38. The smallest absolute Gasteiger partial charge is 0.282 e. The Kier molecular flexibility index (Phi) is 7.69. The summed E-state index contributed by atoms with van der Waals surface area (Å²) in [5.74, 6) is -0.0381. The molecule has 1 unspecified atom stereocenters. The van der Waals surface area contributed by atoms with Gasteiger partial charge in [0, 0.05) is 57.8 Å². The molecule has 3 aliphatic rings. The summed E-state index contributed by atoms with van der Waals surface area (Å²) >= 11 is 0. The maximum absolute atomic E-state index is 13.1. The minimum Gasteiger partial charge on any atom is -0.341 e. The Labute approximate surface area is 188 Å². The zero-order valence-corrected chi connectivity index (χ0v) is 20.5. The van der Waals surface area contributed by atoms with E-state index in [0.29, 0.717) is 39.3 Å². The molecule has 178 valence electrons. The van der Waals surface area contributed by atoms with Crippen LogP contribution in [0.25, 0.3) is 0 Å². The van der Waals surface area contributed by atoms with Crippen LogP contribution in [0.5, 0.6) is 0 Å². The molecule has 0 N–H and O–H groups in total. The topological polar surface area (TPSA) is 81.2 Å². The van der Waals surface area contributed by atoms with Crippen molar-refractivity contribution < 1.29 is 18.0 Å². The molecule has 0 radical (unpaired) electrons. The third kappa shape index (κ3) is 5.60. The van der Waals surface area contributed by atoms with E-state index in [4.69, 9.17) is 0 Å². The Morgan fingerprint density at radius 2 is 1.45 bits per heavy atom. The van der Waals surface area contributed by atoms with E-state index in [0.717, 1.165) is 38.5 Å². The summed E-state index contributed by atoms with van der Waals surface area (Å²) in [6.07, 6.45) is 6.84. The first-order chi connectivity index (χ1) is 14.5. The highest BCUT2D eigenvalue weighted by molar-refractivity contribution is 7.86. The normalized spacial score (nSPS) is 25.1. The van der Waals surface area contributed by atoms with Crippen molar-refractivity contribution in [3.05, 3.63) is 0 Å². The van der Waals surface area contributed by atoms with Crippen LogP contribution >= 0.6 is 0 Å². The van der Waals surface area contributed by atoms with Crippen molar-refractivity contribution in [2.45, 2.75) is 71.8 Å². The van der Waals surface area contributed by atoms with Crippen molar-refractivity contribution in [1.29, 1.82) is 0 Å². The van der Waals surface area contributed by atoms with Gasteiger partial charge in [0.05, 0.1) is 5.92 Å². The van der Waals surface area contributed by atoms with Gasteiger partial charge in [-0.05, 0) is 25.7 Å². The molecule has 2 amide bonds. The van der Waals surface area contributed by atoms with E-state index in [1.807, 2.05) is 25.7 Å². The Morgan fingerprint density at radius 1 is 0.839 bits per heavy atom. The maximum atomic E-state index is 13.1. The zero-order chi connectivity index (χ0) is 22.8. The van der Waals surface area contributed by atoms with Gasteiger partial charge in [0.25, 0.3) is 10.2 Å². The number of carbonyl (C=O) groups is 2. The van der Waals surface area contributed by atoms with Gasteiger partial charge in [-0.25, -0.2) is 0 Å². The van der Waals surface area contributed by atoms with Crippen LogP contribution in [-0.4, -0.2) is 91.0 Å². The molecule has 8 nitrogen and oxygen atoms in total. The fraction of sp³-hybridized carbons (Fsp3) is 0.909.